The summed E-state index contributed by atoms with van der Waals surface area (Å²) >= 11 is 0. The second-order valence-corrected chi connectivity index (χ2v) is 14.3. The van der Waals surface area contributed by atoms with Crippen LogP contribution < -0.4 is 0 Å². The van der Waals surface area contributed by atoms with Gasteiger partial charge in [-0.05, 0) is 104 Å². The number of fused-ring (bicyclic) bond motifs is 16. The second kappa shape index (κ2) is 10.5. The average molecular weight is 675 g/mol. The molecule has 0 bridgehead atoms. The van der Waals surface area contributed by atoms with Gasteiger partial charge in [0, 0.05) is 33.4 Å². The quantitative estimate of drug-likeness (QED) is 0.183. The summed E-state index contributed by atoms with van der Waals surface area (Å²) in [5.74, 6) is 0. The average Bonchev–Trinajstić information content (AvgIpc) is 3.83. The highest BCUT2D eigenvalue weighted by Crippen LogP contribution is 2.61. The van der Waals surface area contributed by atoms with Crippen molar-refractivity contribution in [3.05, 3.63) is 203 Å². The summed E-state index contributed by atoms with van der Waals surface area (Å²) in [5, 5.41) is 4.74. The lowest BCUT2D eigenvalue weighted by Crippen LogP contribution is -2.30. The molecular weight excluding hydrogens is 645 g/mol. The van der Waals surface area contributed by atoms with E-state index in [1.165, 1.54) is 77.3 Å². The van der Waals surface area contributed by atoms with Crippen molar-refractivity contribution in [2.75, 3.05) is 0 Å². The van der Waals surface area contributed by atoms with Gasteiger partial charge in [-0.3, -0.25) is 4.98 Å². The predicted octanol–water partition coefficient (Wildman–Crippen LogP) is 12.6. The molecule has 10 aromatic rings. The van der Waals surface area contributed by atoms with E-state index in [9.17, 15) is 0 Å². The van der Waals surface area contributed by atoms with Crippen molar-refractivity contribution < 1.29 is 4.42 Å². The summed E-state index contributed by atoms with van der Waals surface area (Å²) in [6, 6.07) is 57.7. The molecule has 1 spiro atoms. The van der Waals surface area contributed by atoms with Gasteiger partial charge in [-0.1, -0.05) is 121 Å². The fourth-order valence-corrected chi connectivity index (χ4v) is 9.58. The van der Waals surface area contributed by atoms with Crippen LogP contribution in [-0.2, 0) is 5.41 Å². The minimum atomic E-state index is -0.553. The van der Waals surface area contributed by atoms with Crippen molar-refractivity contribution in [3.8, 4) is 27.9 Å². The molecule has 246 valence electrons. The molecule has 2 aliphatic carbocycles. The van der Waals surface area contributed by atoms with E-state index in [4.69, 9.17) is 4.42 Å². The summed E-state index contributed by atoms with van der Waals surface area (Å²) in [6.45, 7) is 0. The van der Waals surface area contributed by atoms with Crippen LogP contribution in [0.1, 0.15) is 33.4 Å². The molecule has 0 aliphatic heterocycles. The number of nitrogens with zero attached hydrogens (tertiary/aromatic N) is 2. The summed E-state index contributed by atoms with van der Waals surface area (Å²) in [6.07, 6.45) is 8.48. The van der Waals surface area contributed by atoms with E-state index < -0.39 is 5.41 Å². The van der Waals surface area contributed by atoms with Crippen LogP contribution in [0.25, 0.3) is 83.8 Å². The van der Waals surface area contributed by atoms with E-state index in [2.05, 4.69) is 179 Å². The molecule has 3 aromatic heterocycles. The van der Waals surface area contributed by atoms with E-state index in [1.807, 2.05) is 12.4 Å². The summed E-state index contributed by atoms with van der Waals surface area (Å²) in [5.41, 5.74) is 17.2. The van der Waals surface area contributed by atoms with Crippen LogP contribution in [0.15, 0.2) is 175 Å². The van der Waals surface area contributed by atoms with Crippen molar-refractivity contribution in [2.45, 2.75) is 5.41 Å². The molecule has 3 nitrogen and oxygen atoms in total. The molecule has 0 saturated carbocycles. The van der Waals surface area contributed by atoms with Crippen LogP contribution in [0.2, 0.25) is 0 Å². The maximum absolute atomic E-state index is 6.49. The summed E-state index contributed by atoms with van der Waals surface area (Å²) < 4.78 is 8.81. The van der Waals surface area contributed by atoms with Crippen LogP contribution in [0.5, 0.6) is 0 Å². The normalized spacial score (nSPS) is 15.5. The Kier molecular flexibility index (Phi) is 5.70. The number of aromatic nitrogens is 2. The highest BCUT2D eigenvalue weighted by atomic mass is 16.3. The molecule has 1 unspecified atom stereocenters. The third-order valence-corrected chi connectivity index (χ3v) is 11.7. The number of benzene rings is 7. The van der Waals surface area contributed by atoms with Crippen LogP contribution in [0.3, 0.4) is 0 Å². The molecule has 3 heterocycles. The lowest BCUT2D eigenvalue weighted by molar-refractivity contribution is 0.668. The van der Waals surface area contributed by atoms with Crippen LogP contribution in [0, 0.1) is 0 Å². The SMILES string of the molecule is C1=Cc2ccc(-c3ccc4c(c3)c3ccncc3n4-c3ccccc3)cc2C2(c3ccccc31)c1ccccc1-c1c2ccc2oc3ccccc3c12. The number of para-hydroxylation sites is 2. The first kappa shape index (κ1) is 28.7. The molecule has 12 rings (SSSR count). The first-order chi connectivity index (χ1) is 26.3. The van der Waals surface area contributed by atoms with E-state index in [0.717, 1.165) is 27.8 Å². The Bertz CT molecular complexity index is 3180. The smallest absolute Gasteiger partial charge is 0.136 e. The fourth-order valence-electron chi connectivity index (χ4n) is 9.58. The molecule has 2 aliphatic rings. The van der Waals surface area contributed by atoms with E-state index >= 15 is 0 Å². The van der Waals surface area contributed by atoms with Crippen molar-refractivity contribution in [2.24, 2.45) is 0 Å². The zero-order chi connectivity index (χ0) is 34.7. The van der Waals surface area contributed by atoms with Crippen LogP contribution in [-0.4, -0.2) is 9.55 Å². The van der Waals surface area contributed by atoms with E-state index in [-0.39, 0.29) is 0 Å². The Balaban J connectivity index is 1.16. The van der Waals surface area contributed by atoms with Gasteiger partial charge >= 0.3 is 0 Å². The van der Waals surface area contributed by atoms with Gasteiger partial charge in [-0.15, -0.1) is 0 Å². The molecule has 1 atom stereocenters. The maximum atomic E-state index is 6.49. The van der Waals surface area contributed by atoms with Gasteiger partial charge in [-0.2, -0.15) is 0 Å². The molecule has 0 N–H and O–H groups in total. The first-order valence-electron chi connectivity index (χ1n) is 18.2. The van der Waals surface area contributed by atoms with E-state index in [0.29, 0.717) is 0 Å². The second-order valence-electron chi connectivity index (χ2n) is 14.3. The highest BCUT2D eigenvalue weighted by molar-refractivity contribution is 6.16. The van der Waals surface area contributed by atoms with Crippen molar-refractivity contribution in [1.29, 1.82) is 0 Å². The minimum Gasteiger partial charge on any atom is -0.456 e. The minimum absolute atomic E-state index is 0.553. The van der Waals surface area contributed by atoms with Gasteiger partial charge in [0.15, 0.2) is 0 Å². The Morgan fingerprint density at radius 3 is 2.17 bits per heavy atom. The molecular formula is C50H30N2O. The lowest BCUT2D eigenvalue weighted by atomic mass is 9.65. The van der Waals surface area contributed by atoms with Gasteiger partial charge in [0.2, 0.25) is 0 Å². The number of furan rings is 1. The molecule has 53 heavy (non-hydrogen) atoms. The Labute approximate surface area is 305 Å². The molecule has 7 aromatic carbocycles. The van der Waals surface area contributed by atoms with Gasteiger partial charge in [0.25, 0.3) is 0 Å². The van der Waals surface area contributed by atoms with Crippen molar-refractivity contribution in [3.63, 3.8) is 0 Å². The number of rotatable bonds is 2. The third-order valence-electron chi connectivity index (χ3n) is 11.7. The maximum Gasteiger partial charge on any atom is 0.136 e. The summed E-state index contributed by atoms with van der Waals surface area (Å²) in [7, 11) is 0. The van der Waals surface area contributed by atoms with Crippen molar-refractivity contribution >= 4 is 55.9 Å². The topological polar surface area (TPSA) is 31.0 Å². The van der Waals surface area contributed by atoms with E-state index in [1.54, 1.807) is 0 Å². The largest absolute Gasteiger partial charge is 0.456 e. The van der Waals surface area contributed by atoms with Crippen LogP contribution >= 0.6 is 0 Å². The zero-order valence-corrected chi connectivity index (χ0v) is 28.6. The zero-order valence-electron chi connectivity index (χ0n) is 28.6. The number of pyridine rings is 1. The Morgan fingerprint density at radius 2 is 1.25 bits per heavy atom. The molecule has 3 heteroatoms. The number of hydrogen-bond donors (Lipinski definition) is 0. The number of hydrogen-bond acceptors (Lipinski definition) is 2. The molecule has 0 fully saturated rings. The van der Waals surface area contributed by atoms with Crippen molar-refractivity contribution in [1.82, 2.24) is 9.55 Å². The highest BCUT2D eigenvalue weighted by Gasteiger charge is 2.49. The monoisotopic (exact) mass is 674 g/mol. The Morgan fingerprint density at radius 1 is 0.491 bits per heavy atom. The standard InChI is InChI=1S/C50H30N2O/c1-2-11-35(12-3-1)52-44-24-22-33(28-39(44)36-26-27-51-30-45(36)52)34-21-20-32-19-18-31-10-4-7-15-40(31)50(43(32)29-34)41-16-8-5-13-37(41)48-42(50)23-25-47-49(48)38-14-6-9-17-46(38)53-47/h1-30H. The summed E-state index contributed by atoms with van der Waals surface area (Å²) in [4.78, 5) is 4.53. The van der Waals surface area contributed by atoms with Crippen LogP contribution in [0.4, 0.5) is 0 Å². The van der Waals surface area contributed by atoms with Gasteiger partial charge in [0.05, 0.1) is 22.6 Å². The van der Waals surface area contributed by atoms with Gasteiger partial charge in [-0.25, -0.2) is 0 Å². The third kappa shape index (κ3) is 3.75. The first-order valence-corrected chi connectivity index (χ1v) is 18.2. The molecule has 0 amide bonds. The van der Waals surface area contributed by atoms with Gasteiger partial charge in [0.1, 0.15) is 11.2 Å². The molecule has 0 radical (unpaired) electrons. The molecule has 0 saturated heterocycles. The predicted molar refractivity (Wildman–Crippen MR) is 218 cm³/mol. The lowest BCUT2D eigenvalue weighted by Gasteiger charge is -2.35. The fraction of sp³-hybridized carbons (Fsp3) is 0.0200. The van der Waals surface area contributed by atoms with Gasteiger partial charge < -0.3 is 8.98 Å². The Hall–Kier alpha value is -6.97.